The molecule has 0 aromatic carbocycles. The minimum Gasteiger partial charge on any atom is -0.393 e. The SMILES string of the molecule is OC(CC1CCSCC1)CC1CC1. The third-order valence-electron chi connectivity index (χ3n) is 3.25. The van der Waals surface area contributed by atoms with Crippen LogP contribution in [0, 0.1) is 11.8 Å². The first-order valence-electron chi connectivity index (χ1n) is 5.60. The molecule has 0 aromatic heterocycles. The predicted molar refractivity (Wildman–Crippen MR) is 58.0 cm³/mol. The Morgan fingerprint density at radius 3 is 2.08 bits per heavy atom. The van der Waals surface area contributed by atoms with Gasteiger partial charge in [-0.3, -0.25) is 0 Å². The molecule has 2 fully saturated rings. The zero-order valence-corrected chi connectivity index (χ0v) is 9.06. The fourth-order valence-electron chi connectivity index (χ4n) is 2.20. The molecule has 1 saturated carbocycles. The Labute approximate surface area is 85.3 Å². The van der Waals surface area contributed by atoms with Crippen LogP contribution in [0.4, 0.5) is 0 Å². The van der Waals surface area contributed by atoms with E-state index < -0.39 is 0 Å². The van der Waals surface area contributed by atoms with Crippen LogP contribution in [0.5, 0.6) is 0 Å². The van der Waals surface area contributed by atoms with Gasteiger partial charge in [0.1, 0.15) is 0 Å². The van der Waals surface area contributed by atoms with Crippen LogP contribution in [-0.4, -0.2) is 22.7 Å². The third kappa shape index (κ3) is 3.51. The molecule has 1 heterocycles. The summed E-state index contributed by atoms with van der Waals surface area (Å²) in [5.41, 5.74) is 0. The molecule has 1 atom stereocenters. The molecule has 0 spiro atoms. The molecule has 1 nitrogen and oxygen atoms in total. The zero-order valence-electron chi connectivity index (χ0n) is 8.24. The fourth-order valence-corrected chi connectivity index (χ4v) is 3.41. The predicted octanol–water partition coefficient (Wildman–Crippen LogP) is 2.68. The van der Waals surface area contributed by atoms with Crippen LogP contribution in [0.15, 0.2) is 0 Å². The van der Waals surface area contributed by atoms with Crippen molar-refractivity contribution in [2.75, 3.05) is 11.5 Å². The van der Waals surface area contributed by atoms with Gasteiger partial charge in [0, 0.05) is 0 Å². The Morgan fingerprint density at radius 1 is 1.00 bits per heavy atom. The Bertz CT molecular complexity index is 150. The van der Waals surface area contributed by atoms with Gasteiger partial charge in [-0.2, -0.15) is 11.8 Å². The lowest BCUT2D eigenvalue weighted by atomic mass is 9.93. The highest BCUT2D eigenvalue weighted by molar-refractivity contribution is 7.99. The van der Waals surface area contributed by atoms with Crippen LogP contribution < -0.4 is 0 Å². The second-order valence-electron chi connectivity index (χ2n) is 4.62. The van der Waals surface area contributed by atoms with E-state index in [0.717, 1.165) is 24.7 Å². The van der Waals surface area contributed by atoms with Crippen molar-refractivity contribution in [1.29, 1.82) is 0 Å². The highest BCUT2D eigenvalue weighted by Gasteiger charge is 2.26. The lowest BCUT2D eigenvalue weighted by molar-refractivity contribution is 0.124. The molecule has 0 bridgehead atoms. The van der Waals surface area contributed by atoms with Gasteiger partial charge in [-0.1, -0.05) is 12.8 Å². The number of rotatable bonds is 4. The summed E-state index contributed by atoms with van der Waals surface area (Å²) in [6.07, 6.45) is 7.61. The van der Waals surface area contributed by atoms with Gasteiger partial charge < -0.3 is 5.11 Å². The Kier molecular flexibility index (Phi) is 3.56. The minimum atomic E-state index is 0.0144. The molecule has 1 saturated heterocycles. The maximum absolute atomic E-state index is 9.81. The Morgan fingerprint density at radius 2 is 1.54 bits per heavy atom. The summed E-state index contributed by atoms with van der Waals surface area (Å²) in [4.78, 5) is 0. The van der Waals surface area contributed by atoms with E-state index in [1.54, 1.807) is 0 Å². The Balaban J connectivity index is 1.62. The molecule has 76 valence electrons. The van der Waals surface area contributed by atoms with Crippen LogP contribution in [0.3, 0.4) is 0 Å². The maximum Gasteiger partial charge on any atom is 0.0545 e. The van der Waals surface area contributed by atoms with Crippen molar-refractivity contribution < 1.29 is 5.11 Å². The van der Waals surface area contributed by atoms with Crippen LogP contribution in [0.25, 0.3) is 0 Å². The van der Waals surface area contributed by atoms with Crippen LogP contribution >= 0.6 is 11.8 Å². The first-order valence-corrected chi connectivity index (χ1v) is 6.76. The molecule has 1 aliphatic carbocycles. The molecule has 0 aromatic rings. The van der Waals surface area contributed by atoms with Crippen molar-refractivity contribution in [1.82, 2.24) is 0 Å². The first-order chi connectivity index (χ1) is 6.34. The molecule has 2 heteroatoms. The van der Waals surface area contributed by atoms with E-state index in [1.165, 1.54) is 37.2 Å². The van der Waals surface area contributed by atoms with Crippen molar-refractivity contribution in [3.05, 3.63) is 0 Å². The summed E-state index contributed by atoms with van der Waals surface area (Å²) >= 11 is 2.07. The van der Waals surface area contributed by atoms with E-state index in [-0.39, 0.29) is 6.10 Å². The van der Waals surface area contributed by atoms with Crippen LogP contribution in [-0.2, 0) is 0 Å². The monoisotopic (exact) mass is 200 g/mol. The van der Waals surface area contributed by atoms with E-state index in [1.807, 2.05) is 0 Å². The van der Waals surface area contributed by atoms with Gasteiger partial charge in [-0.05, 0) is 49.0 Å². The average Bonchev–Trinajstić information content (AvgIpc) is 2.90. The number of thioether (sulfide) groups is 1. The molecular formula is C11H20OS. The minimum absolute atomic E-state index is 0.0144. The molecule has 0 amide bonds. The summed E-state index contributed by atoms with van der Waals surface area (Å²) in [7, 11) is 0. The van der Waals surface area contributed by atoms with Gasteiger partial charge in [0.15, 0.2) is 0 Å². The van der Waals surface area contributed by atoms with Crippen LogP contribution in [0.1, 0.15) is 38.5 Å². The van der Waals surface area contributed by atoms with Crippen molar-refractivity contribution in [2.45, 2.75) is 44.6 Å². The third-order valence-corrected chi connectivity index (χ3v) is 4.30. The van der Waals surface area contributed by atoms with Crippen molar-refractivity contribution >= 4 is 11.8 Å². The first kappa shape index (κ1) is 9.85. The summed E-state index contributed by atoms with van der Waals surface area (Å²) in [6, 6.07) is 0. The maximum atomic E-state index is 9.81. The average molecular weight is 200 g/mol. The van der Waals surface area contributed by atoms with Crippen molar-refractivity contribution in [3.8, 4) is 0 Å². The molecule has 2 rings (SSSR count). The van der Waals surface area contributed by atoms with Gasteiger partial charge in [-0.15, -0.1) is 0 Å². The van der Waals surface area contributed by atoms with Crippen molar-refractivity contribution in [2.24, 2.45) is 11.8 Å². The second-order valence-corrected chi connectivity index (χ2v) is 5.85. The molecule has 0 radical (unpaired) electrons. The van der Waals surface area contributed by atoms with E-state index in [0.29, 0.717) is 0 Å². The number of hydrogen-bond donors (Lipinski definition) is 1. The zero-order chi connectivity index (χ0) is 9.10. The molecule has 1 aliphatic heterocycles. The Hall–Kier alpha value is 0.310. The second kappa shape index (κ2) is 4.70. The van der Waals surface area contributed by atoms with Crippen molar-refractivity contribution in [3.63, 3.8) is 0 Å². The summed E-state index contributed by atoms with van der Waals surface area (Å²) < 4.78 is 0. The molecule has 1 N–H and O–H groups in total. The fraction of sp³-hybridized carbons (Fsp3) is 1.00. The number of aliphatic hydroxyl groups excluding tert-OH is 1. The summed E-state index contributed by atoms with van der Waals surface area (Å²) in [6.45, 7) is 0. The van der Waals surface area contributed by atoms with Crippen LogP contribution in [0.2, 0.25) is 0 Å². The lowest BCUT2D eigenvalue weighted by Gasteiger charge is -2.23. The van der Waals surface area contributed by atoms with E-state index >= 15 is 0 Å². The smallest absolute Gasteiger partial charge is 0.0545 e. The van der Waals surface area contributed by atoms with Gasteiger partial charge in [-0.25, -0.2) is 0 Å². The van der Waals surface area contributed by atoms with Gasteiger partial charge in [0.05, 0.1) is 6.10 Å². The lowest BCUT2D eigenvalue weighted by Crippen LogP contribution is -2.18. The van der Waals surface area contributed by atoms with E-state index in [9.17, 15) is 5.11 Å². The molecule has 1 unspecified atom stereocenters. The summed E-state index contributed by atoms with van der Waals surface area (Å²) in [5, 5.41) is 9.81. The summed E-state index contributed by atoms with van der Waals surface area (Å²) in [5.74, 6) is 4.35. The topological polar surface area (TPSA) is 20.2 Å². The van der Waals surface area contributed by atoms with E-state index in [2.05, 4.69) is 11.8 Å². The van der Waals surface area contributed by atoms with Gasteiger partial charge in [0.25, 0.3) is 0 Å². The number of hydrogen-bond acceptors (Lipinski definition) is 2. The molecular weight excluding hydrogens is 180 g/mol. The van der Waals surface area contributed by atoms with Gasteiger partial charge in [0.2, 0.25) is 0 Å². The number of aliphatic hydroxyl groups is 1. The molecule has 13 heavy (non-hydrogen) atoms. The van der Waals surface area contributed by atoms with E-state index in [4.69, 9.17) is 0 Å². The quantitative estimate of drug-likeness (QED) is 0.753. The normalized spacial score (nSPS) is 27.5. The molecule has 2 aliphatic rings. The standard InChI is InChI=1S/C11H20OS/c12-11(7-9-1-2-9)8-10-3-5-13-6-4-10/h9-12H,1-8H2. The highest BCUT2D eigenvalue weighted by Crippen LogP contribution is 2.35. The highest BCUT2D eigenvalue weighted by atomic mass is 32.2. The largest absolute Gasteiger partial charge is 0.393 e. The van der Waals surface area contributed by atoms with Gasteiger partial charge >= 0.3 is 0 Å².